The second-order valence-corrected chi connectivity index (χ2v) is 5.53. The molecule has 0 aliphatic heterocycles. The van der Waals surface area contributed by atoms with Crippen LogP contribution in [0.1, 0.15) is 18.1 Å². The molecular formula is C19H20N2O2. The summed E-state index contributed by atoms with van der Waals surface area (Å²) >= 11 is 0. The van der Waals surface area contributed by atoms with Gasteiger partial charge >= 0.3 is 0 Å². The zero-order chi connectivity index (χ0) is 16.2. The number of rotatable bonds is 5. The van der Waals surface area contributed by atoms with E-state index in [1.165, 1.54) is 5.56 Å². The summed E-state index contributed by atoms with van der Waals surface area (Å²) in [5, 5.41) is 4.25. The quantitative estimate of drug-likeness (QED) is 0.753. The van der Waals surface area contributed by atoms with E-state index < -0.39 is 0 Å². The number of aromatic amines is 1. The van der Waals surface area contributed by atoms with Crippen LogP contribution in [0.25, 0.3) is 10.9 Å². The van der Waals surface area contributed by atoms with Crippen molar-refractivity contribution in [1.29, 1.82) is 0 Å². The molecule has 4 heteroatoms. The first-order valence-corrected chi connectivity index (χ1v) is 7.75. The average molecular weight is 308 g/mol. The van der Waals surface area contributed by atoms with Gasteiger partial charge in [-0.25, -0.2) is 0 Å². The predicted octanol–water partition coefficient (Wildman–Crippen LogP) is 3.85. The lowest BCUT2D eigenvalue weighted by atomic mass is 10.1. The number of aryl methyl sites for hydroxylation is 1. The van der Waals surface area contributed by atoms with Crippen LogP contribution in [0, 0.1) is 6.92 Å². The van der Waals surface area contributed by atoms with Crippen molar-refractivity contribution in [3.63, 3.8) is 0 Å². The van der Waals surface area contributed by atoms with Crippen LogP contribution < -0.4 is 15.6 Å². The average Bonchev–Trinajstić information content (AvgIpc) is 2.55. The van der Waals surface area contributed by atoms with Crippen LogP contribution in [0.5, 0.6) is 5.75 Å². The van der Waals surface area contributed by atoms with Crippen molar-refractivity contribution in [2.45, 2.75) is 20.4 Å². The van der Waals surface area contributed by atoms with Crippen LogP contribution in [0.3, 0.4) is 0 Å². The number of H-pyrrole nitrogens is 1. The molecule has 0 aliphatic rings. The normalized spacial score (nSPS) is 10.7. The summed E-state index contributed by atoms with van der Waals surface area (Å²) in [6.45, 7) is 5.10. The third kappa shape index (κ3) is 3.54. The Bertz CT molecular complexity index is 867. The lowest BCUT2D eigenvalue weighted by Gasteiger charge is -2.09. The highest BCUT2D eigenvalue weighted by Crippen LogP contribution is 2.19. The summed E-state index contributed by atoms with van der Waals surface area (Å²) in [6.07, 6.45) is 0. The van der Waals surface area contributed by atoms with Crippen molar-refractivity contribution >= 4 is 16.6 Å². The molecule has 0 saturated carbocycles. The van der Waals surface area contributed by atoms with Gasteiger partial charge in [0.25, 0.3) is 5.56 Å². The SMILES string of the molecule is CCOc1ccc2[nH]c(=O)c(CNc3ccc(C)cc3)cc2c1. The molecule has 0 amide bonds. The molecule has 1 aromatic heterocycles. The molecular weight excluding hydrogens is 288 g/mol. The van der Waals surface area contributed by atoms with Gasteiger partial charge < -0.3 is 15.0 Å². The first kappa shape index (κ1) is 15.2. The minimum Gasteiger partial charge on any atom is -0.494 e. The maximum atomic E-state index is 12.2. The molecule has 3 rings (SSSR count). The van der Waals surface area contributed by atoms with Crippen LogP contribution in [0.4, 0.5) is 5.69 Å². The monoisotopic (exact) mass is 308 g/mol. The van der Waals surface area contributed by atoms with E-state index >= 15 is 0 Å². The fourth-order valence-corrected chi connectivity index (χ4v) is 2.49. The Balaban J connectivity index is 1.85. The van der Waals surface area contributed by atoms with E-state index in [0.717, 1.165) is 22.3 Å². The molecule has 0 fully saturated rings. The van der Waals surface area contributed by atoms with Gasteiger partial charge in [-0.05, 0) is 50.2 Å². The summed E-state index contributed by atoms with van der Waals surface area (Å²) < 4.78 is 5.52. The van der Waals surface area contributed by atoms with Gasteiger partial charge in [0.1, 0.15) is 5.75 Å². The molecule has 0 spiro atoms. The Hall–Kier alpha value is -2.75. The highest BCUT2D eigenvalue weighted by molar-refractivity contribution is 5.80. The Morgan fingerprint density at radius 3 is 2.61 bits per heavy atom. The minimum absolute atomic E-state index is 0.0683. The van der Waals surface area contributed by atoms with Gasteiger partial charge in [-0.3, -0.25) is 4.79 Å². The van der Waals surface area contributed by atoms with Crippen molar-refractivity contribution in [3.05, 3.63) is 70.0 Å². The molecule has 0 saturated heterocycles. The standard InChI is InChI=1S/C19H20N2O2/c1-3-23-17-8-9-18-14(11-17)10-15(19(22)21-18)12-20-16-6-4-13(2)5-7-16/h4-11,20H,3,12H2,1-2H3,(H,21,22). The molecule has 3 aromatic rings. The van der Waals surface area contributed by atoms with Gasteiger partial charge in [0.15, 0.2) is 0 Å². The number of anilines is 1. The van der Waals surface area contributed by atoms with E-state index in [-0.39, 0.29) is 5.56 Å². The van der Waals surface area contributed by atoms with Crippen molar-refractivity contribution in [3.8, 4) is 5.75 Å². The third-order valence-electron chi connectivity index (χ3n) is 3.74. The number of pyridine rings is 1. The molecule has 0 aliphatic carbocycles. The Morgan fingerprint density at radius 1 is 1.09 bits per heavy atom. The van der Waals surface area contributed by atoms with E-state index in [0.29, 0.717) is 18.7 Å². The van der Waals surface area contributed by atoms with E-state index in [1.54, 1.807) is 0 Å². The van der Waals surface area contributed by atoms with E-state index in [2.05, 4.69) is 10.3 Å². The van der Waals surface area contributed by atoms with Crippen LogP contribution in [-0.2, 0) is 6.54 Å². The zero-order valence-electron chi connectivity index (χ0n) is 13.3. The van der Waals surface area contributed by atoms with Gasteiger partial charge in [0.2, 0.25) is 0 Å². The van der Waals surface area contributed by atoms with Gasteiger partial charge in [0.05, 0.1) is 6.61 Å². The minimum atomic E-state index is -0.0683. The number of hydrogen-bond donors (Lipinski definition) is 2. The molecule has 4 nitrogen and oxygen atoms in total. The molecule has 1 heterocycles. The topological polar surface area (TPSA) is 54.1 Å². The smallest absolute Gasteiger partial charge is 0.253 e. The van der Waals surface area contributed by atoms with Gasteiger partial charge in [-0.2, -0.15) is 0 Å². The second kappa shape index (κ2) is 6.57. The predicted molar refractivity (Wildman–Crippen MR) is 94.2 cm³/mol. The fourth-order valence-electron chi connectivity index (χ4n) is 2.49. The maximum absolute atomic E-state index is 12.2. The van der Waals surface area contributed by atoms with E-state index in [9.17, 15) is 4.79 Å². The van der Waals surface area contributed by atoms with Crippen molar-refractivity contribution in [2.24, 2.45) is 0 Å². The number of aromatic nitrogens is 1. The number of hydrogen-bond acceptors (Lipinski definition) is 3. The van der Waals surface area contributed by atoms with Crippen LogP contribution >= 0.6 is 0 Å². The first-order chi connectivity index (χ1) is 11.2. The van der Waals surface area contributed by atoms with Crippen LogP contribution in [0.2, 0.25) is 0 Å². The number of nitrogens with one attached hydrogen (secondary N) is 2. The first-order valence-electron chi connectivity index (χ1n) is 7.75. The highest BCUT2D eigenvalue weighted by Gasteiger charge is 2.04. The van der Waals surface area contributed by atoms with E-state index in [4.69, 9.17) is 4.74 Å². The van der Waals surface area contributed by atoms with Gasteiger partial charge in [0, 0.05) is 28.7 Å². The van der Waals surface area contributed by atoms with E-state index in [1.807, 2.05) is 62.4 Å². The second-order valence-electron chi connectivity index (χ2n) is 5.53. The molecule has 0 atom stereocenters. The summed E-state index contributed by atoms with van der Waals surface area (Å²) in [4.78, 5) is 15.1. The zero-order valence-corrected chi connectivity index (χ0v) is 13.3. The molecule has 118 valence electrons. The van der Waals surface area contributed by atoms with Gasteiger partial charge in [-0.15, -0.1) is 0 Å². The van der Waals surface area contributed by atoms with Gasteiger partial charge in [-0.1, -0.05) is 17.7 Å². The molecule has 0 bridgehead atoms. The molecule has 0 unspecified atom stereocenters. The summed E-state index contributed by atoms with van der Waals surface area (Å²) in [5.74, 6) is 0.810. The van der Waals surface area contributed by atoms with Crippen molar-refractivity contribution < 1.29 is 4.74 Å². The van der Waals surface area contributed by atoms with Crippen LogP contribution in [-0.4, -0.2) is 11.6 Å². The van der Waals surface area contributed by atoms with Crippen molar-refractivity contribution in [1.82, 2.24) is 4.98 Å². The summed E-state index contributed by atoms with van der Waals surface area (Å²) in [6, 6.07) is 15.7. The number of benzene rings is 2. The lowest BCUT2D eigenvalue weighted by molar-refractivity contribution is 0.340. The van der Waals surface area contributed by atoms with Crippen molar-refractivity contribution in [2.75, 3.05) is 11.9 Å². The third-order valence-corrected chi connectivity index (χ3v) is 3.74. The lowest BCUT2D eigenvalue weighted by Crippen LogP contribution is -2.15. The Kier molecular flexibility index (Phi) is 4.33. The molecule has 2 N–H and O–H groups in total. The number of ether oxygens (including phenoxy) is 1. The summed E-state index contributed by atoms with van der Waals surface area (Å²) in [7, 11) is 0. The highest BCUT2D eigenvalue weighted by atomic mass is 16.5. The fraction of sp³-hybridized carbons (Fsp3) is 0.211. The summed E-state index contributed by atoms with van der Waals surface area (Å²) in [5.41, 5.74) is 3.66. The largest absolute Gasteiger partial charge is 0.494 e. The van der Waals surface area contributed by atoms with Crippen LogP contribution in [0.15, 0.2) is 53.3 Å². The maximum Gasteiger partial charge on any atom is 0.253 e. The molecule has 0 radical (unpaired) electrons. The number of fused-ring (bicyclic) bond motifs is 1. The molecule has 23 heavy (non-hydrogen) atoms. The Labute approximate surface area is 135 Å². The Morgan fingerprint density at radius 2 is 1.87 bits per heavy atom. The molecule has 2 aromatic carbocycles.